The Kier molecular flexibility index (Phi) is 6.41. The third-order valence-corrected chi connectivity index (χ3v) is 7.49. The molecule has 3 rings (SSSR count). The summed E-state index contributed by atoms with van der Waals surface area (Å²) in [6, 6.07) is 12.1. The number of Topliss-reactive ketones (excluding diaryl/α,β-unsaturated/α-hetero) is 1. The van der Waals surface area contributed by atoms with Crippen molar-refractivity contribution in [3.63, 3.8) is 0 Å². The van der Waals surface area contributed by atoms with Crippen molar-refractivity contribution in [3.05, 3.63) is 64.7 Å². The fourth-order valence-electron chi connectivity index (χ4n) is 3.50. The van der Waals surface area contributed by atoms with Gasteiger partial charge in [0.15, 0.2) is 12.4 Å². The van der Waals surface area contributed by atoms with Crippen LogP contribution in [0.15, 0.2) is 53.4 Å². The zero-order chi connectivity index (χ0) is 21.2. The van der Waals surface area contributed by atoms with Crippen LogP contribution >= 0.6 is 11.6 Å². The van der Waals surface area contributed by atoms with Gasteiger partial charge in [-0.05, 0) is 44.9 Å². The Morgan fingerprint density at radius 3 is 2.31 bits per heavy atom. The number of nitrogens with zero attached hydrogens (tertiary/aromatic N) is 1. The second-order valence-corrected chi connectivity index (χ2v) is 9.37. The third kappa shape index (κ3) is 4.52. The molecule has 0 spiro atoms. The SMILES string of the molecule is CC1CCC(C)N1S(=O)(=O)c1ccc(Cl)c(C(=O)OCC(=O)c2ccccc2)c1. The van der Waals surface area contributed by atoms with E-state index in [0.717, 1.165) is 12.8 Å². The maximum atomic E-state index is 13.1. The highest BCUT2D eigenvalue weighted by molar-refractivity contribution is 7.89. The summed E-state index contributed by atoms with van der Waals surface area (Å²) in [7, 11) is -3.78. The van der Waals surface area contributed by atoms with Crippen molar-refractivity contribution in [2.75, 3.05) is 6.61 Å². The summed E-state index contributed by atoms with van der Waals surface area (Å²) in [5.41, 5.74) is 0.327. The average molecular weight is 436 g/mol. The van der Waals surface area contributed by atoms with Gasteiger partial charge in [0.1, 0.15) is 0 Å². The zero-order valence-corrected chi connectivity index (χ0v) is 17.7. The van der Waals surface area contributed by atoms with Gasteiger partial charge in [0.05, 0.1) is 15.5 Å². The van der Waals surface area contributed by atoms with Gasteiger partial charge in [-0.15, -0.1) is 0 Å². The van der Waals surface area contributed by atoms with Crippen molar-refractivity contribution in [2.45, 2.75) is 43.7 Å². The molecule has 6 nitrogen and oxygen atoms in total. The van der Waals surface area contributed by atoms with E-state index in [0.29, 0.717) is 5.56 Å². The van der Waals surface area contributed by atoms with Crippen LogP contribution in [0.25, 0.3) is 0 Å². The van der Waals surface area contributed by atoms with Gasteiger partial charge in [0.25, 0.3) is 0 Å². The minimum Gasteiger partial charge on any atom is -0.454 e. The second-order valence-electron chi connectivity index (χ2n) is 7.12. The molecule has 1 saturated heterocycles. The molecule has 0 saturated carbocycles. The minimum absolute atomic E-state index is 0.0242. The second kappa shape index (κ2) is 8.65. The van der Waals surface area contributed by atoms with Crippen LogP contribution in [0.2, 0.25) is 5.02 Å². The lowest BCUT2D eigenvalue weighted by Gasteiger charge is -2.25. The molecule has 29 heavy (non-hydrogen) atoms. The van der Waals surface area contributed by atoms with E-state index in [9.17, 15) is 18.0 Å². The molecule has 0 radical (unpaired) electrons. The Morgan fingerprint density at radius 2 is 1.69 bits per heavy atom. The minimum atomic E-state index is -3.78. The van der Waals surface area contributed by atoms with E-state index in [-0.39, 0.29) is 33.3 Å². The van der Waals surface area contributed by atoms with E-state index in [4.69, 9.17) is 16.3 Å². The fraction of sp³-hybridized carbons (Fsp3) is 0.333. The number of benzene rings is 2. The molecule has 1 heterocycles. The Labute approximate surface area is 175 Å². The van der Waals surface area contributed by atoms with Gasteiger partial charge in [0, 0.05) is 17.6 Å². The third-order valence-electron chi connectivity index (χ3n) is 5.03. The molecule has 0 N–H and O–H groups in total. The molecule has 2 unspecified atom stereocenters. The summed E-state index contributed by atoms with van der Waals surface area (Å²) in [4.78, 5) is 24.6. The van der Waals surface area contributed by atoms with Crippen molar-refractivity contribution in [1.29, 1.82) is 0 Å². The van der Waals surface area contributed by atoms with Crippen LogP contribution in [0.4, 0.5) is 0 Å². The molecular weight excluding hydrogens is 414 g/mol. The number of hydrogen-bond donors (Lipinski definition) is 0. The van der Waals surface area contributed by atoms with Crippen LogP contribution in [-0.4, -0.2) is 43.2 Å². The number of carbonyl (C=O) groups is 2. The fourth-order valence-corrected chi connectivity index (χ4v) is 5.61. The first-order valence-corrected chi connectivity index (χ1v) is 11.1. The molecule has 1 fully saturated rings. The molecule has 0 aliphatic carbocycles. The lowest BCUT2D eigenvalue weighted by molar-refractivity contribution is 0.0474. The maximum absolute atomic E-state index is 13.1. The smallest absolute Gasteiger partial charge is 0.340 e. The van der Waals surface area contributed by atoms with Gasteiger partial charge in [-0.25, -0.2) is 13.2 Å². The van der Waals surface area contributed by atoms with Crippen molar-refractivity contribution in [2.24, 2.45) is 0 Å². The van der Waals surface area contributed by atoms with Crippen LogP contribution in [0.5, 0.6) is 0 Å². The normalized spacial score (nSPS) is 19.8. The topological polar surface area (TPSA) is 80.8 Å². The van der Waals surface area contributed by atoms with Crippen LogP contribution in [0, 0.1) is 0 Å². The number of carbonyl (C=O) groups excluding carboxylic acids is 2. The van der Waals surface area contributed by atoms with Gasteiger partial charge >= 0.3 is 5.97 Å². The number of ether oxygens (including phenoxy) is 1. The number of halogens is 1. The van der Waals surface area contributed by atoms with E-state index in [1.807, 2.05) is 13.8 Å². The van der Waals surface area contributed by atoms with E-state index in [1.165, 1.54) is 22.5 Å². The monoisotopic (exact) mass is 435 g/mol. The van der Waals surface area contributed by atoms with Crippen molar-refractivity contribution >= 4 is 33.4 Å². The molecule has 2 aromatic rings. The van der Waals surface area contributed by atoms with E-state index in [1.54, 1.807) is 30.3 Å². The van der Waals surface area contributed by atoms with Crippen LogP contribution in [-0.2, 0) is 14.8 Å². The van der Waals surface area contributed by atoms with Gasteiger partial charge in [-0.2, -0.15) is 4.31 Å². The molecule has 2 aromatic carbocycles. The van der Waals surface area contributed by atoms with Gasteiger partial charge in [0.2, 0.25) is 10.0 Å². The standard InChI is InChI=1S/C21H22ClNO5S/c1-14-8-9-15(2)23(14)29(26,27)17-10-11-19(22)18(12-17)21(25)28-13-20(24)16-6-4-3-5-7-16/h3-7,10-12,14-15H,8-9,13H2,1-2H3. The van der Waals surface area contributed by atoms with Crippen molar-refractivity contribution in [1.82, 2.24) is 4.31 Å². The summed E-state index contributed by atoms with van der Waals surface area (Å²) < 4.78 is 32.7. The number of ketones is 1. The first kappa shape index (κ1) is 21.5. The zero-order valence-electron chi connectivity index (χ0n) is 16.2. The van der Waals surface area contributed by atoms with E-state index < -0.39 is 22.6 Å². The van der Waals surface area contributed by atoms with Crippen molar-refractivity contribution < 1.29 is 22.7 Å². The highest BCUT2D eigenvalue weighted by Crippen LogP contribution is 2.32. The molecule has 0 aromatic heterocycles. The van der Waals surface area contributed by atoms with E-state index >= 15 is 0 Å². The van der Waals surface area contributed by atoms with Gasteiger partial charge in [-0.3, -0.25) is 4.79 Å². The quantitative estimate of drug-likeness (QED) is 0.507. The maximum Gasteiger partial charge on any atom is 0.340 e. The average Bonchev–Trinajstić information content (AvgIpc) is 3.05. The van der Waals surface area contributed by atoms with Crippen molar-refractivity contribution in [3.8, 4) is 0 Å². The predicted octanol–water partition coefficient (Wildman–Crippen LogP) is 3.94. The predicted molar refractivity (Wildman–Crippen MR) is 110 cm³/mol. The first-order chi connectivity index (χ1) is 13.7. The summed E-state index contributed by atoms with van der Waals surface area (Å²) in [6.07, 6.45) is 1.56. The lowest BCUT2D eigenvalue weighted by atomic mass is 10.1. The van der Waals surface area contributed by atoms with Crippen LogP contribution in [0.1, 0.15) is 47.4 Å². The van der Waals surface area contributed by atoms with Crippen LogP contribution < -0.4 is 0 Å². The Morgan fingerprint density at radius 1 is 1.07 bits per heavy atom. The number of hydrogen-bond acceptors (Lipinski definition) is 5. The van der Waals surface area contributed by atoms with Gasteiger partial charge < -0.3 is 4.74 Å². The number of rotatable bonds is 6. The summed E-state index contributed by atoms with van der Waals surface area (Å²) in [6.45, 7) is 3.26. The molecule has 1 aliphatic rings. The van der Waals surface area contributed by atoms with Crippen LogP contribution in [0.3, 0.4) is 0 Å². The highest BCUT2D eigenvalue weighted by Gasteiger charge is 2.38. The molecule has 154 valence electrons. The largest absolute Gasteiger partial charge is 0.454 e. The molecular formula is C21H22ClNO5S. The Bertz CT molecular complexity index is 1010. The van der Waals surface area contributed by atoms with Gasteiger partial charge in [-0.1, -0.05) is 41.9 Å². The highest BCUT2D eigenvalue weighted by atomic mass is 35.5. The summed E-state index contributed by atoms with van der Waals surface area (Å²) in [5.74, 6) is -1.21. The Balaban J connectivity index is 1.80. The Hall–Kier alpha value is -2.22. The number of esters is 1. The van der Waals surface area contributed by atoms with E-state index in [2.05, 4.69) is 0 Å². The summed E-state index contributed by atoms with van der Waals surface area (Å²) in [5, 5.41) is 0.0589. The molecule has 0 amide bonds. The molecule has 8 heteroatoms. The summed E-state index contributed by atoms with van der Waals surface area (Å²) >= 11 is 6.10. The molecule has 2 atom stereocenters. The first-order valence-electron chi connectivity index (χ1n) is 9.30. The number of sulfonamides is 1. The molecule has 0 bridgehead atoms. The lowest BCUT2D eigenvalue weighted by Crippen LogP contribution is -2.38. The molecule has 1 aliphatic heterocycles.